The van der Waals surface area contributed by atoms with Gasteiger partial charge in [-0.05, 0) is 44.0 Å². The maximum atomic E-state index is 12.0. The first kappa shape index (κ1) is 19.5. The van der Waals surface area contributed by atoms with Crippen LogP contribution in [-0.4, -0.2) is 15.3 Å². The average Bonchev–Trinajstić information content (AvgIpc) is 2.98. The highest BCUT2D eigenvalue weighted by molar-refractivity contribution is 5.91. The molecule has 0 aliphatic carbocycles. The van der Waals surface area contributed by atoms with E-state index in [0.717, 1.165) is 40.3 Å². The summed E-state index contributed by atoms with van der Waals surface area (Å²) in [6.45, 7) is 6.29. The number of hydrogen-bond donors (Lipinski definition) is 1. The molecular weight excluding hydrogens is 350 g/mol. The molecule has 144 valence electrons. The van der Waals surface area contributed by atoms with Gasteiger partial charge in [-0.2, -0.15) is 0 Å². The van der Waals surface area contributed by atoms with Crippen molar-refractivity contribution in [3.63, 3.8) is 0 Å². The molecule has 2 heterocycles. The molecule has 0 saturated heterocycles. The van der Waals surface area contributed by atoms with Crippen molar-refractivity contribution >= 4 is 17.2 Å². The molecule has 3 rings (SSSR count). The number of aromatic nitrogens is 2. The number of ether oxygens (including phenoxy) is 1. The predicted molar refractivity (Wildman–Crippen MR) is 112 cm³/mol. The van der Waals surface area contributed by atoms with Crippen molar-refractivity contribution < 1.29 is 9.53 Å². The first-order valence-electron chi connectivity index (χ1n) is 9.46. The fourth-order valence-electron chi connectivity index (χ4n) is 3.23. The number of pyridine rings is 1. The van der Waals surface area contributed by atoms with E-state index in [9.17, 15) is 4.79 Å². The maximum absolute atomic E-state index is 12.0. The monoisotopic (exact) mass is 375 g/mol. The van der Waals surface area contributed by atoms with Crippen molar-refractivity contribution in [1.82, 2.24) is 9.38 Å². The van der Waals surface area contributed by atoms with Gasteiger partial charge in [-0.25, -0.2) is 4.98 Å². The zero-order valence-corrected chi connectivity index (χ0v) is 16.6. The summed E-state index contributed by atoms with van der Waals surface area (Å²) in [5, 5.41) is 2.99. The highest BCUT2D eigenvalue weighted by Gasteiger charge is 2.14. The van der Waals surface area contributed by atoms with Gasteiger partial charge in [0.25, 0.3) is 0 Å². The Morgan fingerprint density at radius 3 is 2.86 bits per heavy atom. The summed E-state index contributed by atoms with van der Waals surface area (Å²) in [5.74, 6) is 3.38. The molecular formula is C23H25N3O2. The molecule has 1 aromatic carbocycles. The second kappa shape index (κ2) is 8.62. The third-order valence-corrected chi connectivity index (χ3v) is 4.72. The molecule has 0 aliphatic rings. The van der Waals surface area contributed by atoms with Crippen molar-refractivity contribution in [2.75, 3.05) is 5.32 Å². The first-order valence-corrected chi connectivity index (χ1v) is 9.46. The number of rotatable bonds is 7. The van der Waals surface area contributed by atoms with Crippen LogP contribution in [0.3, 0.4) is 0 Å². The number of hydrogen-bond acceptors (Lipinski definition) is 3. The topological polar surface area (TPSA) is 55.6 Å². The minimum Gasteiger partial charge on any atom is -0.485 e. The SMILES string of the molecule is C#CCc1c(C)nc2c(OCc3c(C)cccc3NC(=O)CCC)cccn12. The number of aryl methyl sites for hydroxylation is 2. The van der Waals surface area contributed by atoms with Crippen molar-refractivity contribution in [2.24, 2.45) is 0 Å². The van der Waals surface area contributed by atoms with Gasteiger partial charge in [0, 0.05) is 23.9 Å². The van der Waals surface area contributed by atoms with Gasteiger partial charge in [0.15, 0.2) is 11.4 Å². The van der Waals surface area contributed by atoms with E-state index in [1.165, 1.54) is 0 Å². The number of amides is 1. The van der Waals surface area contributed by atoms with Gasteiger partial charge in [-0.1, -0.05) is 19.1 Å². The normalized spacial score (nSPS) is 10.6. The molecule has 0 radical (unpaired) electrons. The van der Waals surface area contributed by atoms with E-state index in [2.05, 4.69) is 16.2 Å². The zero-order valence-electron chi connectivity index (χ0n) is 16.6. The van der Waals surface area contributed by atoms with Crippen LogP contribution in [0, 0.1) is 26.2 Å². The van der Waals surface area contributed by atoms with Crippen LogP contribution in [0.2, 0.25) is 0 Å². The summed E-state index contributed by atoms with van der Waals surface area (Å²) in [4.78, 5) is 16.7. The summed E-state index contributed by atoms with van der Waals surface area (Å²) in [6, 6.07) is 9.68. The highest BCUT2D eigenvalue weighted by Crippen LogP contribution is 2.26. The molecule has 2 aromatic heterocycles. The quantitative estimate of drug-likeness (QED) is 0.621. The molecule has 0 atom stereocenters. The van der Waals surface area contributed by atoms with E-state index >= 15 is 0 Å². The van der Waals surface area contributed by atoms with Crippen LogP contribution in [0.25, 0.3) is 5.65 Å². The Kier molecular flexibility index (Phi) is 6.00. The van der Waals surface area contributed by atoms with E-state index in [1.54, 1.807) is 0 Å². The Balaban J connectivity index is 1.88. The lowest BCUT2D eigenvalue weighted by molar-refractivity contribution is -0.116. The van der Waals surface area contributed by atoms with Crippen molar-refractivity contribution in [3.05, 3.63) is 59.0 Å². The van der Waals surface area contributed by atoms with E-state index in [-0.39, 0.29) is 5.91 Å². The van der Waals surface area contributed by atoms with E-state index in [0.29, 0.717) is 25.2 Å². The fraction of sp³-hybridized carbons (Fsp3) is 0.304. The minimum atomic E-state index is 0.0132. The number of fused-ring (bicyclic) bond motifs is 1. The van der Waals surface area contributed by atoms with E-state index in [4.69, 9.17) is 11.2 Å². The van der Waals surface area contributed by atoms with Gasteiger partial charge in [0.1, 0.15) is 6.61 Å². The molecule has 5 nitrogen and oxygen atoms in total. The smallest absolute Gasteiger partial charge is 0.224 e. The number of benzene rings is 1. The van der Waals surface area contributed by atoms with E-state index < -0.39 is 0 Å². The molecule has 0 bridgehead atoms. The third kappa shape index (κ3) is 4.01. The maximum Gasteiger partial charge on any atom is 0.224 e. The standard InChI is InChI=1S/C23H25N3O2/c1-5-9-20-17(4)24-23-21(13-8-14-26(20)23)28-15-18-16(3)11-7-12-19(18)25-22(27)10-6-2/h1,7-8,11-14H,6,9-10,15H2,2-4H3,(H,25,27). The Hall–Kier alpha value is -3.26. The van der Waals surface area contributed by atoms with Crippen molar-refractivity contribution in [2.45, 2.75) is 46.6 Å². The van der Waals surface area contributed by atoms with Gasteiger partial charge in [0.2, 0.25) is 5.91 Å². The molecule has 1 amide bonds. The Bertz CT molecular complexity index is 1040. The Morgan fingerprint density at radius 1 is 1.29 bits per heavy atom. The van der Waals surface area contributed by atoms with Crippen LogP contribution in [0.1, 0.15) is 42.3 Å². The van der Waals surface area contributed by atoms with Crippen LogP contribution in [0.4, 0.5) is 5.69 Å². The highest BCUT2D eigenvalue weighted by atomic mass is 16.5. The number of terminal acetylenes is 1. The van der Waals surface area contributed by atoms with Crippen LogP contribution in [0.15, 0.2) is 36.5 Å². The summed E-state index contributed by atoms with van der Waals surface area (Å²) >= 11 is 0. The molecule has 0 saturated carbocycles. The second-order valence-corrected chi connectivity index (χ2v) is 6.78. The Labute approximate surface area is 165 Å². The number of carbonyl (C=O) groups excluding carboxylic acids is 1. The van der Waals surface area contributed by atoms with Crippen molar-refractivity contribution in [3.8, 4) is 18.1 Å². The number of carbonyl (C=O) groups is 1. The number of anilines is 1. The summed E-state index contributed by atoms with van der Waals surface area (Å²) in [7, 11) is 0. The zero-order chi connectivity index (χ0) is 20.1. The molecule has 0 fully saturated rings. The molecule has 3 aromatic rings. The number of nitrogens with zero attached hydrogens (tertiary/aromatic N) is 2. The van der Waals surface area contributed by atoms with Crippen molar-refractivity contribution in [1.29, 1.82) is 0 Å². The van der Waals surface area contributed by atoms with E-state index in [1.807, 2.05) is 61.7 Å². The predicted octanol–water partition coefficient (Wildman–Crippen LogP) is 4.44. The van der Waals surface area contributed by atoms with Crippen LogP contribution < -0.4 is 10.1 Å². The van der Waals surface area contributed by atoms with Gasteiger partial charge >= 0.3 is 0 Å². The fourth-order valence-corrected chi connectivity index (χ4v) is 3.23. The van der Waals surface area contributed by atoms with Crippen LogP contribution in [0.5, 0.6) is 5.75 Å². The molecule has 5 heteroatoms. The van der Waals surface area contributed by atoms with Gasteiger partial charge < -0.3 is 10.1 Å². The van der Waals surface area contributed by atoms with Crippen LogP contribution in [-0.2, 0) is 17.8 Å². The molecule has 1 N–H and O–H groups in total. The lowest BCUT2D eigenvalue weighted by atomic mass is 10.1. The largest absolute Gasteiger partial charge is 0.485 e. The minimum absolute atomic E-state index is 0.0132. The number of imidazole rings is 1. The van der Waals surface area contributed by atoms with Gasteiger partial charge in [-0.3, -0.25) is 9.20 Å². The van der Waals surface area contributed by atoms with Gasteiger partial charge in [0.05, 0.1) is 17.8 Å². The lowest BCUT2D eigenvalue weighted by Crippen LogP contribution is -2.13. The summed E-state index contributed by atoms with van der Waals surface area (Å²) in [6.07, 6.45) is 9.26. The molecule has 0 aliphatic heterocycles. The number of nitrogens with one attached hydrogen (secondary N) is 1. The summed E-state index contributed by atoms with van der Waals surface area (Å²) in [5.41, 5.74) is 5.45. The summed E-state index contributed by atoms with van der Waals surface area (Å²) < 4.78 is 8.11. The Morgan fingerprint density at radius 2 is 2.11 bits per heavy atom. The average molecular weight is 375 g/mol. The second-order valence-electron chi connectivity index (χ2n) is 6.78. The lowest BCUT2D eigenvalue weighted by Gasteiger charge is -2.15. The molecule has 0 unspecified atom stereocenters. The molecule has 0 spiro atoms. The third-order valence-electron chi connectivity index (χ3n) is 4.72. The van der Waals surface area contributed by atoms with Gasteiger partial charge in [-0.15, -0.1) is 12.3 Å². The molecule has 28 heavy (non-hydrogen) atoms. The first-order chi connectivity index (χ1) is 13.5. The van der Waals surface area contributed by atoms with Crippen LogP contribution >= 0.6 is 0 Å².